The largest absolute Gasteiger partial charge is 0.497 e. The second-order valence-electron chi connectivity index (χ2n) is 3.93. The Labute approximate surface area is 115 Å². The van der Waals surface area contributed by atoms with E-state index in [-0.39, 0.29) is 6.61 Å². The van der Waals surface area contributed by atoms with Crippen LogP contribution < -0.4 is 15.2 Å². The van der Waals surface area contributed by atoms with Crippen LogP contribution in [-0.2, 0) is 6.61 Å². The van der Waals surface area contributed by atoms with E-state index in [0.717, 1.165) is 0 Å². The van der Waals surface area contributed by atoms with Gasteiger partial charge < -0.3 is 15.2 Å². The van der Waals surface area contributed by atoms with Crippen LogP contribution in [0.5, 0.6) is 11.5 Å². The van der Waals surface area contributed by atoms with Gasteiger partial charge in [-0.05, 0) is 24.3 Å². The van der Waals surface area contributed by atoms with Crippen LogP contribution >= 0.6 is 11.6 Å². The molecular formula is C14H13ClFNO2. The van der Waals surface area contributed by atoms with Crippen molar-refractivity contribution in [2.24, 2.45) is 0 Å². The predicted octanol–water partition coefficient (Wildman–Crippen LogP) is 3.65. The molecule has 2 rings (SSSR count). The molecule has 0 bridgehead atoms. The summed E-state index contributed by atoms with van der Waals surface area (Å²) in [4.78, 5) is 0. The van der Waals surface area contributed by atoms with E-state index in [0.29, 0.717) is 27.8 Å². The van der Waals surface area contributed by atoms with Gasteiger partial charge in [-0.2, -0.15) is 0 Å². The van der Waals surface area contributed by atoms with Crippen LogP contribution in [-0.4, -0.2) is 7.11 Å². The minimum Gasteiger partial charge on any atom is -0.497 e. The molecule has 0 saturated heterocycles. The summed E-state index contributed by atoms with van der Waals surface area (Å²) >= 11 is 5.68. The average Bonchev–Trinajstić information content (AvgIpc) is 2.39. The molecule has 100 valence electrons. The highest BCUT2D eigenvalue weighted by molar-refractivity contribution is 6.30. The van der Waals surface area contributed by atoms with Crippen molar-refractivity contribution in [3.63, 3.8) is 0 Å². The van der Waals surface area contributed by atoms with Crippen LogP contribution in [0, 0.1) is 5.82 Å². The van der Waals surface area contributed by atoms with Gasteiger partial charge in [-0.3, -0.25) is 0 Å². The number of nitrogens with two attached hydrogens (primary N) is 1. The first-order valence-corrected chi connectivity index (χ1v) is 5.98. The van der Waals surface area contributed by atoms with Crippen LogP contribution in [0.4, 0.5) is 10.1 Å². The Morgan fingerprint density at radius 1 is 1.21 bits per heavy atom. The number of nitrogen functional groups attached to an aromatic ring is 1. The monoisotopic (exact) mass is 281 g/mol. The Balaban J connectivity index is 2.10. The van der Waals surface area contributed by atoms with Gasteiger partial charge in [-0.25, -0.2) is 4.39 Å². The van der Waals surface area contributed by atoms with E-state index in [2.05, 4.69) is 0 Å². The molecule has 2 aromatic rings. The van der Waals surface area contributed by atoms with E-state index in [4.69, 9.17) is 26.8 Å². The first-order chi connectivity index (χ1) is 9.10. The third-order valence-corrected chi connectivity index (χ3v) is 2.85. The van der Waals surface area contributed by atoms with Crippen molar-refractivity contribution in [3.05, 3.63) is 52.8 Å². The van der Waals surface area contributed by atoms with Crippen molar-refractivity contribution in [2.75, 3.05) is 12.8 Å². The van der Waals surface area contributed by atoms with Gasteiger partial charge in [0.25, 0.3) is 0 Å². The standard InChI is InChI=1S/C14H13ClFNO2/c1-18-11-4-5-14(13(17)7-11)19-8-9-2-3-10(15)6-12(9)16/h2-7H,8,17H2,1H3. The summed E-state index contributed by atoms with van der Waals surface area (Å²) in [5, 5.41) is 0.352. The number of hydrogen-bond acceptors (Lipinski definition) is 3. The number of hydrogen-bond donors (Lipinski definition) is 1. The minimum atomic E-state index is -0.403. The van der Waals surface area contributed by atoms with Crippen LogP contribution in [0.3, 0.4) is 0 Å². The fourth-order valence-corrected chi connectivity index (χ4v) is 1.74. The smallest absolute Gasteiger partial charge is 0.142 e. The molecule has 0 unspecified atom stereocenters. The molecule has 0 fully saturated rings. The first kappa shape index (κ1) is 13.5. The zero-order chi connectivity index (χ0) is 13.8. The van der Waals surface area contributed by atoms with Crippen LogP contribution in [0.2, 0.25) is 5.02 Å². The number of rotatable bonds is 4. The number of methoxy groups -OCH3 is 1. The second kappa shape index (κ2) is 5.80. The number of anilines is 1. The van der Waals surface area contributed by atoms with Crippen LogP contribution in [0.1, 0.15) is 5.56 Å². The summed E-state index contributed by atoms with van der Waals surface area (Å²) < 4.78 is 24.1. The molecule has 0 aliphatic carbocycles. The zero-order valence-corrected chi connectivity index (χ0v) is 11.1. The Kier molecular flexibility index (Phi) is 4.12. The average molecular weight is 282 g/mol. The zero-order valence-electron chi connectivity index (χ0n) is 10.3. The van der Waals surface area contributed by atoms with Gasteiger partial charge in [-0.15, -0.1) is 0 Å². The lowest BCUT2D eigenvalue weighted by Gasteiger charge is -2.10. The van der Waals surface area contributed by atoms with E-state index >= 15 is 0 Å². The first-order valence-electron chi connectivity index (χ1n) is 5.60. The molecule has 2 aromatic carbocycles. The van der Waals surface area contributed by atoms with Gasteiger partial charge in [0.1, 0.15) is 23.9 Å². The van der Waals surface area contributed by atoms with Crippen molar-refractivity contribution < 1.29 is 13.9 Å². The maximum Gasteiger partial charge on any atom is 0.142 e. The second-order valence-corrected chi connectivity index (χ2v) is 4.36. The van der Waals surface area contributed by atoms with Gasteiger partial charge >= 0.3 is 0 Å². The summed E-state index contributed by atoms with van der Waals surface area (Å²) in [5.74, 6) is 0.720. The Bertz CT molecular complexity index is 590. The van der Waals surface area contributed by atoms with Crippen molar-refractivity contribution in [2.45, 2.75) is 6.61 Å². The van der Waals surface area contributed by atoms with Gasteiger partial charge in [0, 0.05) is 16.7 Å². The molecular weight excluding hydrogens is 269 g/mol. The molecule has 19 heavy (non-hydrogen) atoms. The van der Waals surface area contributed by atoms with Crippen molar-refractivity contribution in [3.8, 4) is 11.5 Å². The molecule has 3 nitrogen and oxygen atoms in total. The highest BCUT2D eigenvalue weighted by Crippen LogP contribution is 2.27. The maximum absolute atomic E-state index is 13.6. The summed E-state index contributed by atoms with van der Waals surface area (Å²) in [6.45, 7) is 0.0829. The highest BCUT2D eigenvalue weighted by atomic mass is 35.5. The van der Waals surface area contributed by atoms with E-state index in [1.165, 1.54) is 6.07 Å². The molecule has 0 amide bonds. The predicted molar refractivity (Wildman–Crippen MR) is 73.1 cm³/mol. The van der Waals surface area contributed by atoms with Gasteiger partial charge in [-0.1, -0.05) is 17.7 Å². The fraction of sp³-hybridized carbons (Fsp3) is 0.143. The van der Waals surface area contributed by atoms with E-state index < -0.39 is 5.82 Å². The van der Waals surface area contributed by atoms with Crippen molar-refractivity contribution in [1.29, 1.82) is 0 Å². The lowest BCUT2D eigenvalue weighted by Crippen LogP contribution is -2.01. The van der Waals surface area contributed by atoms with Crippen molar-refractivity contribution >= 4 is 17.3 Å². The quantitative estimate of drug-likeness (QED) is 0.870. The molecule has 0 atom stereocenters. The summed E-state index contributed by atoms with van der Waals surface area (Å²) in [5.41, 5.74) is 6.66. The molecule has 0 heterocycles. The summed E-state index contributed by atoms with van der Waals surface area (Å²) in [7, 11) is 1.55. The summed E-state index contributed by atoms with van der Waals surface area (Å²) in [6, 6.07) is 9.50. The maximum atomic E-state index is 13.6. The molecule has 5 heteroatoms. The van der Waals surface area contributed by atoms with Crippen LogP contribution in [0.25, 0.3) is 0 Å². The molecule has 0 spiro atoms. The normalized spacial score (nSPS) is 10.3. The SMILES string of the molecule is COc1ccc(OCc2ccc(Cl)cc2F)c(N)c1. The molecule has 0 aromatic heterocycles. The Morgan fingerprint density at radius 2 is 2.00 bits per heavy atom. The number of ether oxygens (including phenoxy) is 2. The van der Waals surface area contributed by atoms with E-state index in [1.54, 1.807) is 37.4 Å². The molecule has 0 aliphatic heterocycles. The molecule has 0 aliphatic rings. The van der Waals surface area contributed by atoms with Gasteiger partial charge in [0.15, 0.2) is 0 Å². The minimum absolute atomic E-state index is 0.0829. The molecule has 2 N–H and O–H groups in total. The third-order valence-electron chi connectivity index (χ3n) is 2.62. The molecule has 0 saturated carbocycles. The Hall–Kier alpha value is -1.94. The fourth-order valence-electron chi connectivity index (χ4n) is 1.58. The Morgan fingerprint density at radius 3 is 2.63 bits per heavy atom. The van der Waals surface area contributed by atoms with Gasteiger partial charge in [0.2, 0.25) is 0 Å². The lowest BCUT2D eigenvalue weighted by molar-refractivity contribution is 0.301. The van der Waals surface area contributed by atoms with E-state index in [1.807, 2.05) is 0 Å². The third kappa shape index (κ3) is 3.29. The van der Waals surface area contributed by atoms with E-state index in [9.17, 15) is 4.39 Å². The number of halogens is 2. The highest BCUT2D eigenvalue weighted by Gasteiger charge is 2.06. The number of benzene rings is 2. The van der Waals surface area contributed by atoms with Crippen LogP contribution in [0.15, 0.2) is 36.4 Å². The summed E-state index contributed by atoms with van der Waals surface area (Å²) in [6.07, 6.45) is 0. The van der Waals surface area contributed by atoms with Crippen molar-refractivity contribution in [1.82, 2.24) is 0 Å². The molecule has 0 radical (unpaired) electrons. The topological polar surface area (TPSA) is 44.5 Å². The lowest BCUT2D eigenvalue weighted by atomic mass is 10.2. The van der Waals surface area contributed by atoms with Gasteiger partial charge in [0.05, 0.1) is 12.8 Å².